The molecule has 2 rings (SSSR count). The molecule has 0 atom stereocenters. The second kappa shape index (κ2) is 8.70. The second-order valence-corrected chi connectivity index (χ2v) is 6.37. The lowest BCUT2D eigenvalue weighted by atomic mass is 9.98. The van der Waals surface area contributed by atoms with Crippen molar-refractivity contribution in [3.8, 4) is 5.75 Å². The van der Waals surface area contributed by atoms with Gasteiger partial charge in [-0.3, -0.25) is 4.79 Å². The smallest absolute Gasteiger partial charge is 0.416 e. The Bertz CT molecular complexity index is 813. The Hall–Kier alpha value is -2.83. The summed E-state index contributed by atoms with van der Waals surface area (Å²) in [5.74, 6) is 0.518. The summed E-state index contributed by atoms with van der Waals surface area (Å²) in [4.78, 5) is 11.8. The molecule has 0 aliphatic rings. The minimum atomic E-state index is -4.38. The fourth-order valence-corrected chi connectivity index (χ4v) is 2.50. The highest BCUT2D eigenvalue weighted by Gasteiger charge is 2.29. The number of nitrogens with zero attached hydrogens (tertiary/aromatic N) is 1. The lowest BCUT2D eigenvalue weighted by molar-refractivity contribution is -0.137. The molecular formula is C20H21F3N2O2. The standard InChI is InChI=1S/C20H21F3N2O2/c1-13(2)18-9-8-17(10-14(18)3)27-12-19(26)25-24-11-15-4-6-16(7-5-15)20(21,22)23/h4-11,13H,12H2,1-3H3,(H,25,26). The van der Waals surface area contributed by atoms with E-state index in [1.807, 2.05) is 19.1 Å². The first kappa shape index (κ1) is 20.5. The molecule has 2 aromatic rings. The number of carbonyl (C=O) groups excluding carboxylic acids is 1. The molecule has 0 heterocycles. The minimum absolute atomic E-state index is 0.217. The minimum Gasteiger partial charge on any atom is -0.484 e. The van der Waals surface area contributed by atoms with Crippen molar-refractivity contribution in [2.24, 2.45) is 5.10 Å². The Morgan fingerprint density at radius 3 is 2.41 bits per heavy atom. The van der Waals surface area contributed by atoms with Crippen LogP contribution in [0.1, 0.15) is 42.0 Å². The van der Waals surface area contributed by atoms with E-state index in [0.29, 0.717) is 17.2 Å². The first-order valence-electron chi connectivity index (χ1n) is 8.39. The zero-order valence-corrected chi connectivity index (χ0v) is 15.3. The highest BCUT2D eigenvalue weighted by molar-refractivity contribution is 5.82. The van der Waals surface area contributed by atoms with Gasteiger partial charge in [-0.05, 0) is 53.8 Å². The first-order chi connectivity index (χ1) is 12.7. The van der Waals surface area contributed by atoms with Crippen LogP contribution in [0.2, 0.25) is 0 Å². The summed E-state index contributed by atoms with van der Waals surface area (Å²) in [5, 5.41) is 3.71. The van der Waals surface area contributed by atoms with Gasteiger partial charge in [0.25, 0.3) is 5.91 Å². The molecule has 7 heteroatoms. The zero-order valence-electron chi connectivity index (χ0n) is 15.3. The van der Waals surface area contributed by atoms with E-state index >= 15 is 0 Å². The van der Waals surface area contributed by atoms with Gasteiger partial charge in [-0.25, -0.2) is 5.43 Å². The summed E-state index contributed by atoms with van der Waals surface area (Å²) >= 11 is 0. The molecule has 1 N–H and O–H groups in total. The van der Waals surface area contributed by atoms with E-state index in [0.717, 1.165) is 17.7 Å². The van der Waals surface area contributed by atoms with Gasteiger partial charge < -0.3 is 4.74 Å². The summed E-state index contributed by atoms with van der Waals surface area (Å²) in [7, 11) is 0. The number of hydrogen-bond donors (Lipinski definition) is 1. The molecule has 0 saturated carbocycles. The first-order valence-corrected chi connectivity index (χ1v) is 8.39. The molecule has 0 saturated heterocycles. The summed E-state index contributed by atoms with van der Waals surface area (Å²) in [6, 6.07) is 10.1. The number of nitrogens with one attached hydrogen (secondary N) is 1. The van der Waals surface area contributed by atoms with E-state index in [4.69, 9.17) is 4.74 Å². The normalized spacial score (nSPS) is 11.8. The third-order valence-electron chi connectivity index (χ3n) is 3.87. The number of aryl methyl sites for hydroxylation is 1. The Balaban J connectivity index is 1.84. The number of benzene rings is 2. The van der Waals surface area contributed by atoms with Crippen LogP contribution in [0.5, 0.6) is 5.75 Å². The molecule has 27 heavy (non-hydrogen) atoms. The van der Waals surface area contributed by atoms with Crippen molar-refractivity contribution in [3.05, 3.63) is 64.7 Å². The van der Waals surface area contributed by atoms with Crippen LogP contribution < -0.4 is 10.2 Å². The van der Waals surface area contributed by atoms with Crippen LogP contribution >= 0.6 is 0 Å². The maximum absolute atomic E-state index is 12.5. The van der Waals surface area contributed by atoms with Gasteiger partial charge >= 0.3 is 6.18 Å². The maximum Gasteiger partial charge on any atom is 0.416 e. The Labute approximate surface area is 156 Å². The van der Waals surface area contributed by atoms with Crippen molar-refractivity contribution in [1.82, 2.24) is 5.43 Å². The number of carbonyl (C=O) groups is 1. The molecule has 144 valence electrons. The van der Waals surface area contributed by atoms with Crippen LogP contribution in [0.25, 0.3) is 0 Å². The van der Waals surface area contributed by atoms with Crippen LogP contribution in [0.4, 0.5) is 13.2 Å². The fraction of sp³-hybridized carbons (Fsp3) is 0.300. The Morgan fingerprint density at radius 2 is 1.85 bits per heavy atom. The average Bonchev–Trinajstić information content (AvgIpc) is 2.59. The van der Waals surface area contributed by atoms with Gasteiger partial charge in [0.05, 0.1) is 11.8 Å². The number of amides is 1. The van der Waals surface area contributed by atoms with Crippen molar-refractivity contribution in [2.45, 2.75) is 32.9 Å². The summed E-state index contributed by atoms with van der Waals surface area (Å²) in [6.45, 7) is 5.97. The predicted octanol–water partition coefficient (Wildman–Crippen LogP) is 4.67. The van der Waals surface area contributed by atoms with Gasteiger partial charge in [0.1, 0.15) is 5.75 Å². The number of ether oxygens (including phenoxy) is 1. The van der Waals surface area contributed by atoms with Crippen LogP contribution in [-0.4, -0.2) is 18.7 Å². The number of rotatable bonds is 6. The number of hydrogen-bond acceptors (Lipinski definition) is 3. The second-order valence-electron chi connectivity index (χ2n) is 6.37. The van der Waals surface area contributed by atoms with Gasteiger partial charge in [-0.15, -0.1) is 0 Å². The highest BCUT2D eigenvalue weighted by atomic mass is 19.4. The van der Waals surface area contributed by atoms with E-state index < -0.39 is 17.6 Å². The molecule has 4 nitrogen and oxygen atoms in total. The molecule has 0 bridgehead atoms. The number of hydrazone groups is 1. The van der Waals surface area contributed by atoms with Crippen LogP contribution in [0.3, 0.4) is 0 Å². The van der Waals surface area contributed by atoms with E-state index in [2.05, 4.69) is 24.4 Å². The van der Waals surface area contributed by atoms with Crippen molar-refractivity contribution in [3.63, 3.8) is 0 Å². The topological polar surface area (TPSA) is 50.7 Å². The van der Waals surface area contributed by atoms with E-state index in [1.54, 1.807) is 6.07 Å². The molecule has 2 aromatic carbocycles. The maximum atomic E-state index is 12.5. The lowest BCUT2D eigenvalue weighted by Crippen LogP contribution is -2.24. The summed E-state index contributed by atoms with van der Waals surface area (Å²) < 4.78 is 42.9. The molecular weight excluding hydrogens is 357 g/mol. The van der Waals surface area contributed by atoms with Gasteiger partial charge in [0.2, 0.25) is 0 Å². The van der Waals surface area contributed by atoms with E-state index in [1.165, 1.54) is 23.9 Å². The van der Waals surface area contributed by atoms with Crippen molar-refractivity contribution in [2.75, 3.05) is 6.61 Å². The summed E-state index contributed by atoms with van der Waals surface area (Å²) in [5.41, 5.74) is 4.27. The van der Waals surface area contributed by atoms with Crippen molar-refractivity contribution in [1.29, 1.82) is 0 Å². The van der Waals surface area contributed by atoms with Crippen molar-refractivity contribution >= 4 is 12.1 Å². The van der Waals surface area contributed by atoms with E-state index in [9.17, 15) is 18.0 Å². The fourth-order valence-electron chi connectivity index (χ4n) is 2.50. The Kier molecular flexibility index (Phi) is 6.60. The van der Waals surface area contributed by atoms with Gasteiger partial charge in [-0.1, -0.05) is 32.0 Å². The quantitative estimate of drug-likeness (QED) is 0.587. The molecule has 0 aliphatic carbocycles. The van der Waals surface area contributed by atoms with Gasteiger partial charge in [0.15, 0.2) is 6.61 Å². The number of alkyl halides is 3. The molecule has 0 aliphatic heterocycles. The van der Waals surface area contributed by atoms with Crippen molar-refractivity contribution < 1.29 is 22.7 Å². The monoisotopic (exact) mass is 378 g/mol. The molecule has 1 amide bonds. The Morgan fingerprint density at radius 1 is 1.19 bits per heavy atom. The molecule has 0 aromatic heterocycles. The largest absolute Gasteiger partial charge is 0.484 e. The molecule has 0 unspecified atom stereocenters. The molecule has 0 radical (unpaired) electrons. The van der Waals surface area contributed by atoms with Crippen LogP contribution in [-0.2, 0) is 11.0 Å². The zero-order chi connectivity index (χ0) is 20.0. The van der Waals surface area contributed by atoms with Gasteiger partial charge in [0, 0.05) is 0 Å². The number of halogens is 3. The third kappa shape index (κ3) is 6.13. The van der Waals surface area contributed by atoms with Crippen LogP contribution in [0, 0.1) is 6.92 Å². The predicted molar refractivity (Wildman–Crippen MR) is 97.9 cm³/mol. The van der Waals surface area contributed by atoms with Crippen LogP contribution in [0.15, 0.2) is 47.6 Å². The van der Waals surface area contributed by atoms with E-state index in [-0.39, 0.29) is 6.61 Å². The molecule has 0 spiro atoms. The average molecular weight is 378 g/mol. The SMILES string of the molecule is Cc1cc(OCC(=O)NN=Cc2ccc(C(F)(F)F)cc2)ccc1C(C)C. The highest BCUT2D eigenvalue weighted by Crippen LogP contribution is 2.28. The lowest BCUT2D eigenvalue weighted by Gasteiger charge is -2.12. The third-order valence-corrected chi connectivity index (χ3v) is 3.87. The van der Waals surface area contributed by atoms with Gasteiger partial charge in [-0.2, -0.15) is 18.3 Å². The molecule has 0 fully saturated rings. The summed E-state index contributed by atoms with van der Waals surface area (Å²) in [6.07, 6.45) is -3.12.